The van der Waals surface area contributed by atoms with E-state index in [9.17, 15) is 9.59 Å². The number of hydrogen-bond donors (Lipinski definition) is 2. The van der Waals surface area contributed by atoms with Crippen molar-refractivity contribution in [3.05, 3.63) is 58.7 Å². The van der Waals surface area contributed by atoms with Crippen LogP contribution in [0, 0.1) is 0 Å². The van der Waals surface area contributed by atoms with Crippen LogP contribution in [0.25, 0.3) is 0 Å². The largest absolute Gasteiger partial charge is 0.397 e. The Morgan fingerprint density at radius 2 is 1.53 bits per heavy atom. The molecule has 1 aliphatic carbocycles. The Labute approximate surface area is 110 Å². The van der Waals surface area contributed by atoms with E-state index in [0.29, 0.717) is 33.6 Å². The van der Waals surface area contributed by atoms with Gasteiger partial charge in [-0.3, -0.25) is 9.59 Å². The summed E-state index contributed by atoms with van der Waals surface area (Å²) in [5, 5.41) is 2.91. The number of fused-ring (bicyclic) bond motifs is 2. The van der Waals surface area contributed by atoms with E-state index in [0.717, 1.165) is 0 Å². The number of nitrogens with one attached hydrogen (secondary N) is 1. The van der Waals surface area contributed by atoms with Gasteiger partial charge in [0.25, 0.3) is 0 Å². The monoisotopic (exact) mass is 252 g/mol. The maximum atomic E-state index is 12.5. The second kappa shape index (κ2) is 3.95. The highest BCUT2D eigenvalue weighted by Gasteiger charge is 2.31. The molecule has 0 bridgehead atoms. The fourth-order valence-electron chi connectivity index (χ4n) is 2.47. The lowest BCUT2D eigenvalue weighted by atomic mass is 9.83. The van der Waals surface area contributed by atoms with E-state index in [2.05, 4.69) is 5.32 Å². The third-order valence-electron chi connectivity index (χ3n) is 3.38. The van der Waals surface area contributed by atoms with Gasteiger partial charge in [-0.1, -0.05) is 24.3 Å². The smallest absolute Gasteiger partial charge is 0.196 e. The summed E-state index contributed by atoms with van der Waals surface area (Å²) in [6.45, 7) is 0. The van der Waals surface area contributed by atoms with E-state index >= 15 is 0 Å². The molecule has 2 aromatic carbocycles. The van der Waals surface area contributed by atoms with Crippen molar-refractivity contribution in [2.45, 2.75) is 0 Å². The molecule has 19 heavy (non-hydrogen) atoms. The summed E-state index contributed by atoms with van der Waals surface area (Å²) in [6.07, 6.45) is 0. The average Bonchev–Trinajstić information content (AvgIpc) is 2.44. The highest BCUT2D eigenvalue weighted by molar-refractivity contribution is 6.30. The molecule has 1 aliphatic rings. The maximum Gasteiger partial charge on any atom is 0.196 e. The molecular weight excluding hydrogens is 240 g/mol. The van der Waals surface area contributed by atoms with Crippen LogP contribution in [0.15, 0.2) is 36.4 Å². The minimum absolute atomic E-state index is 0.137. The van der Waals surface area contributed by atoms with Gasteiger partial charge < -0.3 is 11.1 Å². The molecule has 0 fully saturated rings. The van der Waals surface area contributed by atoms with Gasteiger partial charge in [-0.25, -0.2) is 0 Å². The third kappa shape index (κ3) is 1.46. The molecule has 0 aromatic heterocycles. The number of benzene rings is 2. The van der Waals surface area contributed by atoms with Gasteiger partial charge >= 0.3 is 0 Å². The van der Waals surface area contributed by atoms with Crippen molar-refractivity contribution in [1.29, 1.82) is 0 Å². The maximum absolute atomic E-state index is 12.5. The van der Waals surface area contributed by atoms with E-state index in [1.54, 1.807) is 43.4 Å². The number of anilines is 2. The standard InChI is InChI=1S/C15H12N2O2/c1-17-13-11(16)7-6-10-12(13)15(19)9-5-3-2-4-8(9)14(10)18/h2-7,17H,16H2,1H3. The van der Waals surface area contributed by atoms with Crippen LogP contribution < -0.4 is 11.1 Å². The number of hydrogen-bond acceptors (Lipinski definition) is 4. The van der Waals surface area contributed by atoms with Crippen LogP contribution in [-0.4, -0.2) is 18.6 Å². The Kier molecular flexibility index (Phi) is 2.38. The summed E-state index contributed by atoms with van der Waals surface area (Å²) in [5.41, 5.74) is 8.49. The Hall–Kier alpha value is -2.62. The first-order valence-electron chi connectivity index (χ1n) is 5.93. The SMILES string of the molecule is CNc1c(N)ccc2c1C(=O)c1ccccc1C2=O. The molecule has 0 atom stereocenters. The van der Waals surface area contributed by atoms with E-state index in [-0.39, 0.29) is 11.6 Å². The summed E-state index contributed by atoms with van der Waals surface area (Å²) in [6, 6.07) is 10.1. The number of carbonyl (C=O) groups excluding carboxylic acids is 2. The highest BCUT2D eigenvalue weighted by Crippen LogP contribution is 2.34. The predicted molar refractivity (Wildman–Crippen MR) is 73.7 cm³/mol. The van der Waals surface area contributed by atoms with Gasteiger partial charge in [0.1, 0.15) is 0 Å². The second-order valence-corrected chi connectivity index (χ2v) is 4.41. The molecule has 0 amide bonds. The van der Waals surface area contributed by atoms with Gasteiger partial charge in [-0.15, -0.1) is 0 Å². The van der Waals surface area contributed by atoms with Crippen LogP contribution in [0.4, 0.5) is 11.4 Å². The van der Waals surface area contributed by atoms with Gasteiger partial charge in [0.05, 0.1) is 16.9 Å². The van der Waals surface area contributed by atoms with E-state index in [1.165, 1.54) is 0 Å². The number of nitrogen functional groups attached to an aromatic ring is 1. The van der Waals surface area contributed by atoms with E-state index in [1.807, 2.05) is 0 Å². The minimum Gasteiger partial charge on any atom is -0.397 e. The van der Waals surface area contributed by atoms with Crippen LogP contribution in [-0.2, 0) is 0 Å². The first kappa shape index (κ1) is 11.5. The van der Waals surface area contributed by atoms with Crippen LogP contribution in [0.5, 0.6) is 0 Å². The molecule has 4 nitrogen and oxygen atoms in total. The topological polar surface area (TPSA) is 72.2 Å². The van der Waals surface area contributed by atoms with Crippen LogP contribution >= 0.6 is 0 Å². The Balaban J connectivity index is 2.36. The van der Waals surface area contributed by atoms with E-state index < -0.39 is 0 Å². The van der Waals surface area contributed by atoms with Crippen molar-refractivity contribution in [3.63, 3.8) is 0 Å². The quantitative estimate of drug-likeness (QED) is 0.650. The number of carbonyl (C=O) groups is 2. The van der Waals surface area contributed by atoms with Crippen LogP contribution in [0.3, 0.4) is 0 Å². The molecular formula is C15H12N2O2. The molecule has 0 aliphatic heterocycles. The van der Waals surface area contributed by atoms with Crippen molar-refractivity contribution in [2.75, 3.05) is 18.1 Å². The van der Waals surface area contributed by atoms with Crippen molar-refractivity contribution in [2.24, 2.45) is 0 Å². The lowest BCUT2D eigenvalue weighted by Gasteiger charge is -2.21. The van der Waals surface area contributed by atoms with Crippen molar-refractivity contribution in [3.8, 4) is 0 Å². The van der Waals surface area contributed by atoms with Crippen molar-refractivity contribution < 1.29 is 9.59 Å². The van der Waals surface area contributed by atoms with Crippen molar-refractivity contribution >= 4 is 22.9 Å². The molecule has 0 saturated heterocycles. The molecule has 3 rings (SSSR count). The van der Waals surface area contributed by atoms with Gasteiger partial charge in [-0.05, 0) is 12.1 Å². The molecule has 0 heterocycles. The Morgan fingerprint density at radius 3 is 2.16 bits per heavy atom. The molecule has 94 valence electrons. The van der Waals surface area contributed by atoms with Gasteiger partial charge in [-0.2, -0.15) is 0 Å². The van der Waals surface area contributed by atoms with Crippen LogP contribution in [0.1, 0.15) is 31.8 Å². The zero-order valence-corrected chi connectivity index (χ0v) is 10.4. The van der Waals surface area contributed by atoms with Crippen molar-refractivity contribution in [1.82, 2.24) is 0 Å². The van der Waals surface area contributed by atoms with Crippen LogP contribution in [0.2, 0.25) is 0 Å². The minimum atomic E-state index is -0.165. The molecule has 0 unspecified atom stereocenters. The summed E-state index contributed by atoms with van der Waals surface area (Å²) in [5.74, 6) is -0.302. The third-order valence-corrected chi connectivity index (χ3v) is 3.38. The number of ketones is 2. The fraction of sp³-hybridized carbons (Fsp3) is 0.0667. The molecule has 0 spiro atoms. The summed E-state index contributed by atoms with van der Waals surface area (Å²) < 4.78 is 0. The first-order valence-corrected chi connectivity index (χ1v) is 5.93. The predicted octanol–water partition coefficient (Wildman–Crippen LogP) is 2.09. The second-order valence-electron chi connectivity index (χ2n) is 4.41. The fourth-order valence-corrected chi connectivity index (χ4v) is 2.47. The van der Waals surface area contributed by atoms with Gasteiger partial charge in [0, 0.05) is 23.7 Å². The Morgan fingerprint density at radius 1 is 0.895 bits per heavy atom. The summed E-state index contributed by atoms with van der Waals surface area (Å²) >= 11 is 0. The van der Waals surface area contributed by atoms with Gasteiger partial charge in [0.15, 0.2) is 11.6 Å². The normalized spacial score (nSPS) is 12.9. The average molecular weight is 252 g/mol. The molecule has 0 radical (unpaired) electrons. The zero-order valence-electron chi connectivity index (χ0n) is 10.4. The highest BCUT2D eigenvalue weighted by atomic mass is 16.1. The lowest BCUT2D eigenvalue weighted by molar-refractivity contribution is 0.0979. The lowest BCUT2D eigenvalue weighted by Crippen LogP contribution is -2.22. The molecule has 2 aromatic rings. The molecule has 3 N–H and O–H groups in total. The molecule has 4 heteroatoms. The Bertz CT molecular complexity index is 720. The number of rotatable bonds is 1. The summed E-state index contributed by atoms with van der Waals surface area (Å²) in [7, 11) is 1.68. The van der Waals surface area contributed by atoms with Gasteiger partial charge in [0.2, 0.25) is 0 Å². The number of nitrogens with two attached hydrogens (primary N) is 1. The van der Waals surface area contributed by atoms with E-state index in [4.69, 9.17) is 5.73 Å². The first-order chi connectivity index (χ1) is 9.15. The zero-order chi connectivity index (χ0) is 13.6. The summed E-state index contributed by atoms with van der Waals surface area (Å²) in [4.78, 5) is 24.9. The molecule has 0 saturated carbocycles.